The largest absolute Gasteiger partial charge is 0.481 e. The van der Waals surface area contributed by atoms with E-state index in [4.69, 9.17) is 9.52 Å². The van der Waals surface area contributed by atoms with Gasteiger partial charge >= 0.3 is 5.97 Å². The van der Waals surface area contributed by atoms with Crippen LogP contribution in [0.1, 0.15) is 33.4 Å². The van der Waals surface area contributed by atoms with E-state index < -0.39 is 5.97 Å². The number of Topliss-reactive ketones (excluding diaryl/α,β-unsaturated/α-hetero) is 1. The number of hydrogen-bond acceptors (Lipinski definition) is 8. The molecule has 0 fully saturated rings. The Bertz CT molecular complexity index is 1160. The van der Waals surface area contributed by atoms with Crippen molar-refractivity contribution in [2.24, 2.45) is 0 Å². The normalized spacial score (nSPS) is 11.1. The van der Waals surface area contributed by atoms with Gasteiger partial charge in [0.1, 0.15) is 11.4 Å². The van der Waals surface area contributed by atoms with Crippen LogP contribution in [0.15, 0.2) is 34.7 Å². The van der Waals surface area contributed by atoms with Crippen molar-refractivity contribution in [1.82, 2.24) is 15.2 Å². The third kappa shape index (κ3) is 3.79. The Morgan fingerprint density at radius 1 is 1.11 bits per heavy atom. The molecule has 0 amide bonds. The topological polar surface area (TPSA) is 106 Å². The van der Waals surface area contributed by atoms with Gasteiger partial charge in [0.05, 0.1) is 21.5 Å². The summed E-state index contributed by atoms with van der Waals surface area (Å²) >= 11 is 2.99. The number of carbonyl (C=O) groups excluding carboxylic acids is 1. The van der Waals surface area contributed by atoms with Crippen molar-refractivity contribution in [2.75, 3.05) is 0 Å². The lowest BCUT2D eigenvalue weighted by molar-refractivity contribution is -0.136. The third-order valence-corrected chi connectivity index (χ3v) is 6.04. The lowest BCUT2D eigenvalue weighted by Gasteiger charge is -1.96. The molecule has 3 heterocycles. The number of carbonyl (C=O) groups is 2. The number of nitrogens with zero attached hydrogens (tertiary/aromatic N) is 3. The van der Waals surface area contributed by atoms with Crippen molar-refractivity contribution < 1.29 is 19.1 Å². The maximum Gasteiger partial charge on any atom is 0.312 e. The van der Waals surface area contributed by atoms with E-state index in [1.165, 1.54) is 22.7 Å². The minimum atomic E-state index is -1.01. The van der Waals surface area contributed by atoms with Gasteiger partial charge in [-0.15, -0.1) is 32.9 Å². The molecule has 0 saturated heterocycles. The predicted octanol–water partition coefficient (Wildman–Crippen LogP) is 3.83. The summed E-state index contributed by atoms with van der Waals surface area (Å²) in [7, 11) is 0. The smallest absolute Gasteiger partial charge is 0.312 e. The van der Waals surface area contributed by atoms with E-state index >= 15 is 0 Å². The number of carboxylic acids is 1. The van der Waals surface area contributed by atoms with Crippen LogP contribution in [0, 0.1) is 0 Å². The van der Waals surface area contributed by atoms with Crippen molar-refractivity contribution in [2.45, 2.75) is 19.8 Å². The Balaban J connectivity index is 1.57. The van der Waals surface area contributed by atoms with Gasteiger partial charge in [0, 0.05) is 4.88 Å². The molecule has 3 aromatic heterocycles. The quantitative estimate of drug-likeness (QED) is 0.491. The molecule has 0 atom stereocenters. The Kier molecular flexibility index (Phi) is 4.54. The molecule has 9 heteroatoms. The Morgan fingerprint density at radius 2 is 1.93 bits per heavy atom. The first-order chi connectivity index (χ1) is 13.0. The number of ketones is 1. The number of rotatable bonds is 6. The molecule has 136 valence electrons. The average molecular weight is 399 g/mol. The fourth-order valence-electron chi connectivity index (χ4n) is 2.57. The Morgan fingerprint density at radius 3 is 2.67 bits per heavy atom. The van der Waals surface area contributed by atoms with Gasteiger partial charge in [0.15, 0.2) is 5.78 Å². The van der Waals surface area contributed by atoms with Crippen LogP contribution in [0.5, 0.6) is 0 Å². The molecule has 7 nitrogen and oxygen atoms in total. The second kappa shape index (κ2) is 7.01. The minimum absolute atomic E-state index is 0.0641. The summed E-state index contributed by atoms with van der Waals surface area (Å²) in [5, 5.41) is 17.2. The van der Waals surface area contributed by atoms with Gasteiger partial charge in [0.2, 0.25) is 11.8 Å². The molecular weight excluding hydrogens is 386 g/mol. The van der Waals surface area contributed by atoms with Crippen molar-refractivity contribution in [3.05, 3.63) is 52.0 Å². The molecular formula is C18H13N3O4S2. The highest BCUT2D eigenvalue weighted by Crippen LogP contribution is 2.33. The summed E-state index contributed by atoms with van der Waals surface area (Å²) in [5.74, 6) is -0.525. The molecule has 4 rings (SSSR count). The van der Waals surface area contributed by atoms with E-state index in [2.05, 4.69) is 21.2 Å². The van der Waals surface area contributed by atoms with Gasteiger partial charge in [-0.25, -0.2) is 4.98 Å². The Labute approximate surface area is 161 Å². The second-order valence-electron chi connectivity index (χ2n) is 5.85. The van der Waals surface area contributed by atoms with Crippen LogP contribution in [-0.2, 0) is 17.6 Å². The van der Waals surface area contributed by atoms with Crippen molar-refractivity contribution in [3.63, 3.8) is 0 Å². The van der Waals surface area contributed by atoms with E-state index in [-0.39, 0.29) is 18.1 Å². The highest BCUT2D eigenvalue weighted by molar-refractivity contribution is 7.19. The van der Waals surface area contributed by atoms with Crippen molar-refractivity contribution >= 4 is 44.6 Å². The first-order valence-electron chi connectivity index (χ1n) is 8.01. The van der Waals surface area contributed by atoms with E-state index in [0.717, 1.165) is 30.5 Å². The zero-order valence-electron chi connectivity index (χ0n) is 14.1. The lowest BCUT2D eigenvalue weighted by Crippen LogP contribution is -1.99. The van der Waals surface area contributed by atoms with E-state index in [1.807, 2.05) is 24.3 Å². The SMILES string of the molecule is CC(=O)c1ccc(-c2ccc3nc(Cc4nnc(CC(=O)O)o4)sc3c2)s1. The molecule has 0 aliphatic carbocycles. The standard InChI is InChI=1S/C18H13N3O4S2/c1-9(22)12-4-5-13(26-12)10-2-3-11-14(6-10)27-17(19-11)7-15-20-21-16(25-15)8-18(23)24/h2-6H,7-8H2,1H3,(H,23,24). The number of aliphatic carboxylic acids is 1. The number of carboxylic acid groups (broad SMARTS) is 1. The van der Waals surface area contributed by atoms with Gasteiger partial charge in [-0.2, -0.15) is 0 Å². The molecule has 1 N–H and O–H groups in total. The molecule has 0 aliphatic rings. The van der Waals surface area contributed by atoms with Gasteiger partial charge in [0.25, 0.3) is 0 Å². The average Bonchev–Trinajstić information content (AvgIpc) is 3.32. The minimum Gasteiger partial charge on any atom is -0.481 e. The van der Waals surface area contributed by atoms with Gasteiger partial charge in [-0.3, -0.25) is 9.59 Å². The maximum absolute atomic E-state index is 11.5. The molecule has 4 aromatic rings. The van der Waals surface area contributed by atoms with Crippen molar-refractivity contribution in [3.8, 4) is 10.4 Å². The number of aromatic nitrogens is 3. The first-order valence-corrected chi connectivity index (χ1v) is 9.65. The maximum atomic E-state index is 11.5. The summed E-state index contributed by atoms with van der Waals surface area (Å²) in [5.41, 5.74) is 1.91. The highest BCUT2D eigenvalue weighted by Gasteiger charge is 2.14. The van der Waals surface area contributed by atoms with E-state index in [1.54, 1.807) is 6.92 Å². The summed E-state index contributed by atoms with van der Waals surface area (Å²) in [6.07, 6.45) is 0.0635. The predicted molar refractivity (Wildman–Crippen MR) is 101 cm³/mol. The van der Waals surface area contributed by atoms with Gasteiger partial charge in [-0.05, 0) is 36.8 Å². The number of fused-ring (bicyclic) bond motifs is 1. The van der Waals surface area contributed by atoms with Crippen LogP contribution in [0.25, 0.3) is 20.7 Å². The lowest BCUT2D eigenvalue weighted by atomic mass is 10.2. The van der Waals surface area contributed by atoms with Crippen LogP contribution in [0.2, 0.25) is 0 Å². The summed E-state index contributed by atoms with van der Waals surface area (Å²) < 4.78 is 6.36. The monoisotopic (exact) mass is 399 g/mol. The van der Waals surface area contributed by atoms with Crippen LogP contribution >= 0.6 is 22.7 Å². The molecule has 0 unspecified atom stereocenters. The third-order valence-electron chi connectivity index (χ3n) is 3.78. The zero-order chi connectivity index (χ0) is 19.0. The highest BCUT2D eigenvalue weighted by atomic mass is 32.1. The van der Waals surface area contributed by atoms with Gasteiger partial charge in [-0.1, -0.05) is 6.07 Å². The van der Waals surface area contributed by atoms with E-state index in [0.29, 0.717) is 12.3 Å². The molecule has 1 aromatic carbocycles. The number of thiazole rings is 1. The molecule has 0 saturated carbocycles. The van der Waals surface area contributed by atoms with Crippen LogP contribution < -0.4 is 0 Å². The first kappa shape index (κ1) is 17.5. The fourth-order valence-corrected chi connectivity index (χ4v) is 4.47. The summed E-state index contributed by atoms with van der Waals surface area (Å²) in [4.78, 5) is 28.5. The second-order valence-corrected chi connectivity index (χ2v) is 8.05. The molecule has 0 spiro atoms. The number of thiophene rings is 1. The summed E-state index contributed by atoms with van der Waals surface area (Å²) in [6.45, 7) is 1.56. The number of hydrogen-bond donors (Lipinski definition) is 1. The molecule has 27 heavy (non-hydrogen) atoms. The molecule has 0 radical (unpaired) electrons. The number of benzene rings is 1. The summed E-state index contributed by atoms with van der Waals surface area (Å²) in [6, 6.07) is 9.78. The van der Waals surface area contributed by atoms with Gasteiger partial charge < -0.3 is 9.52 Å². The zero-order valence-corrected chi connectivity index (χ0v) is 15.8. The van der Waals surface area contributed by atoms with Crippen LogP contribution in [0.4, 0.5) is 0 Å². The van der Waals surface area contributed by atoms with E-state index in [9.17, 15) is 9.59 Å². The van der Waals surface area contributed by atoms with Crippen LogP contribution in [0.3, 0.4) is 0 Å². The fraction of sp³-hybridized carbons (Fsp3) is 0.167. The van der Waals surface area contributed by atoms with Crippen LogP contribution in [-0.4, -0.2) is 32.0 Å². The Hall–Kier alpha value is -2.91. The van der Waals surface area contributed by atoms with Crippen molar-refractivity contribution in [1.29, 1.82) is 0 Å². The molecule has 0 bridgehead atoms. The molecule has 0 aliphatic heterocycles.